The summed E-state index contributed by atoms with van der Waals surface area (Å²) >= 11 is 0. The third kappa shape index (κ3) is 3.61. The average Bonchev–Trinajstić information content (AvgIpc) is 2.61. The molecule has 0 saturated heterocycles. The molecule has 0 radical (unpaired) electrons. The van der Waals surface area contributed by atoms with E-state index in [1.807, 2.05) is 57.1 Å². The third-order valence-electron chi connectivity index (χ3n) is 4.42. The highest BCUT2D eigenvalue weighted by molar-refractivity contribution is 5.90. The molecule has 0 aliphatic rings. The van der Waals surface area contributed by atoms with Crippen molar-refractivity contribution in [2.24, 2.45) is 0 Å². The Labute approximate surface area is 151 Å². The van der Waals surface area contributed by atoms with E-state index in [2.05, 4.69) is 0 Å². The zero-order chi connectivity index (χ0) is 18.8. The highest BCUT2D eigenvalue weighted by Crippen LogP contribution is 2.22. The van der Waals surface area contributed by atoms with Gasteiger partial charge in [0.2, 0.25) is 0 Å². The van der Waals surface area contributed by atoms with Crippen molar-refractivity contribution in [2.75, 3.05) is 19.0 Å². The molecule has 0 unspecified atom stereocenters. The zero-order valence-electron chi connectivity index (χ0n) is 15.3. The highest BCUT2D eigenvalue weighted by Gasteiger charge is 2.12. The number of fused-ring (bicyclic) bond motifs is 1. The number of anilines is 1. The number of carbonyl (C=O) groups is 1. The van der Waals surface area contributed by atoms with Crippen LogP contribution in [-0.2, 0) is 11.3 Å². The van der Waals surface area contributed by atoms with Gasteiger partial charge in [0.1, 0.15) is 12.2 Å². The molecule has 3 aromatic rings. The van der Waals surface area contributed by atoms with Gasteiger partial charge in [-0.2, -0.15) is 0 Å². The maximum absolute atomic E-state index is 12.3. The first-order chi connectivity index (χ1) is 12.3. The van der Waals surface area contributed by atoms with Gasteiger partial charge in [-0.15, -0.1) is 0 Å². The van der Waals surface area contributed by atoms with Gasteiger partial charge >= 0.3 is 11.6 Å². The van der Waals surface area contributed by atoms with Crippen LogP contribution in [0.25, 0.3) is 11.0 Å². The summed E-state index contributed by atoms with van der Waals surface area (Å²) in [7, 11) is 3.87. The van der Waals surface area contributed by atoms with E-state index in [0.717, 1.165) is 22.2 Å². The lowest BCUT2D eigenvalue weighted by atomic mass is 10.0. The lowest BCUT2D eigenvalue weighted by Crippen LogP contribution is -2.10. The first kappa shape index (κ1) is 17.7. The van der Waals surface area contributed by atoms with Crippen LogP contribution in [0.2, 0.25) is 0 Å². The quantitative estimate of drug-likeness (QED) is 0.528. The van der Waals surface area contributed by atoms with Crippen LogP contribution in [0.5, 0.6) is 0 Å². The van der Waals surface area contributed by atoms with Crippen LogP contribution in [0.1, 0.15) is 27.0 Å². The predicted octanol–water partition coefficient (Wildman–Crippen LogP) is 3.83. The van der Waals surface area contributed by atoms with Crippen LogP contribution in [0.3, 0.4) is 0 Å². The van der Waals surface area contributed by atoms with Crippen LogP contribution in [-0.4, -0.2) is 20.1 Å². The molecule has 26 heavy (non-hydrogen) atoms. The lowest BCUT2D eigenvalue weighted by molar-refractivity contribution is 0.0474. The summed E-state index contributed by atoms with van der Waals surface area (Å²) < 4.78 is 10.7. The molecule has 134 valence electrons. The van der Waals surface area contributed by atoms with Gasteiger partial charge in [-0.05, 0) is 61.4 Å². The average molecular weight is 351 g/mol. The number of nitrogens with zero attached hydrogens (tertiary/aromatic N) is 1. The molecule has 0 aliphatic heterocycles. The summed E-state index contributed by atoms with van der Waals surface area (Å²) in [6.07, 6.45) is 0. The standard InChI is InChI=1S/C21H21NO4/c1-13-9-18-16(11-20(23)26-19(18)10-14(13)2)12-25-21(24)15-5-7-17(8-6-15)22(3)4/h5-11H,12H2,1-4H3. The summed E-state index contributed by atoms with van der Waals surface area (Å²) in [4.78, 5) is 26.1. The molecule has 5 heteroatoms. The second-order valence-electron chi connectivity index (χ2n) is 6.54. The molecule has 0 amide bonds. The van der Waals surface area contributed by atoms with E-state index in [0.29, 0.717) is 16.7 Å². The minimum absolute atomic E-state index is 0.0128. The molecule has 2 aromatic carbocycles. The number of aryl methyl sites for hydroxylation is 2. The Bertz CT molecular complexity index is 1020. The van der Waals surface area contributed by atoms with E-state index in [1.54, 1.807) is 12.1 Å². The predicted molar refractivity (Wildman–Crippen MR) is 102 cm³/mol. The molecule has 0 spiro atoms. The van der Waals surface area contributed by atoms with Crippen LogP contribution < -0.4 is 10.5 Å². The van der Waals surface area contributed by atoms with Gasteiger partial charge in [-0.25, -0.2) is 9.59 Å². The smallest absolute Gasteiger partial charge is 0.338 e. The second-order valence-corrected chi connectivity index (χ2v) is 6.54. The lowest BCUT2D eigenvalue weighted by Gasteiger charge is -2.12. The molecule has 0 aliphatic carbocycles. The SMILES string of the molecule is Cc1cc2oc(=O)cc(COC(=O)c3ccc(N(C)C)cc3)c2cc1C. The number of hydrogen-bond acceptors (Lipinski definition) is 5. The number of ether oxygens (including phenoxy) is 1. The van der Waals surface area contributed by atoms with Crippen molar-refractivity contribution in [3.05, 3.63) is 75.1 Å². The molecule has 3 rings (SSSR count). The van der Waals surface area contributed by atoms with Gasteiger partial charge in [-0.1, -0.05) is 0 Å². The Morgan fingerprint density at radius 1 is 1.04 bits per heavy atom. The molecule has 0 saturated carbocycles. The number of carbonyl (C=O) groups excluding carboxylic acids is 1. The maximum Gasteiger partial charge on any atom is 0.338 e. The van der Waals surface area contributed by atoms with Gasteiger partial charge in [-0.3, -0.25) is 0 Å². The summed E-state index contributed by atoms with van der Waals surface area (Å²) in [6.45, 7) is 3.96. The first-order valence-corrected chi connectivity index (χ1v) is 8.33. The number of rotatable bonds is 4. The van der Waals surface area contributed by atoms with Crippen molar-refractivity contribution in [1.82, 2.24) is 0 Å². The van der Waals surface area contributed by atoms with Crippen molar-refractivity contribution in [2.45, 2.75) is 20.5 Å². The van der Waals surface area contributed by atoms with Crippen LogP contribution in [0.15, 0.2) is 51.7 Å². The highest BCUT2D eigenvalue weighted by atomic mass is 16.5. The summed E-state index contributed by atoms with van der Waals surface area (Å²) in [5.74, 6) is -0.430. The molecule has 1 aromatic heterocycles. The molecule has 0 bridgehead atoms. The Morgan fingerprint density at radius 2 is 1.69 bits per heavy atom. The molecule has 5 nitrogen and oxygen atoms in total. The topological polar surface area (TPSA) is 59.8 Å². The maximum atomic E-state index is 12.3. The Morgan fingerprint density at radius 3 is 2.35 bits per heavy atom. The van der Waals surface area contributed by atoms with Crippen LogP contribution in [0.4, 0.5) is 5.69 Å². The van der Waals surface area contributed by atoms with E-state index in [1.165, 1.54) is 6.07 Å². The van der Waals surface area contributed by atoms with Crippen molar-refractivity contribution < 1.29 is 13.9 Å². The van der Waals surface area contributed by atoms with Crippen LogP contribution >= 0.6 is 0 Å². The van der Waals surface area contributed by atoms with Gasteiger partial charge in [0.15, 0.2) is 0 Å². The fourth-order valence-electron chi connectivity index (χ4n) is 2.72. The summed E-state index contributed by atoms with van der Waals surface area (Å²) in [5, 5.41) is 0.781. The zero-order valence-corrected chi connectivity index (χ0v) is 15.3. The van der Waals surface area contributed by atoms with Gasteiger partial charge in [0.25, 0.3) is 0 Å². The van der Waals surface area contributed by atoms with Crippen molar-refractivity contribution in [3.8, 4) is 0 Å². The molecule has 0 atom stereocenters. The first-order valence-electron chi connectivity index (χ1n) is 8.33. The Hall–Kier alpha value is -3.08. The molecular weight excluding hydrogens is 330 g/mol. The van der Waals surface area contributed by atoms with Crippen LogP contribution in [0, 0.1) is 13.8 Å². The Kier molecular flexibility index (Phi) is 4.80. The molecule has 1 heterocycles. The van der Waals surface area contributed by atoms with Gasteiger partial charge in [0, 0.05) is 36.8 Å². The van der Waals surface area contributed by atoms with E-state index in [-0.39, 0.29) is 6.61 Å². The third-order valence-corrected chi connectivity index (χ3v) is 4.42. The van der Waals surface area contributed by atoms with E-state index in [4.69, 9.17) is 9.15 Å². The largest absolute Gasteiger partial charge is 0.457 e. The number of esters is 1. The van der Waals surface area contributed by atoms with Crippen molar-refractivity contribution in [1.29, 1.82) is 0 Å². The van der Waals surface area contributed by atoms with Gasteiger partial charge < -0.3 is 14.1 Å². The van der Waals surface area contributed by atoms with E-state index >= 15 is 0 Å². The summed E-state index contributed by atoms with van der Waals surface area (Å²) in [6, 6.07) is 12.3. The molecular formula is C21H21NO4. The molecule has 0 fully saturated rings. The fourth-order valence-corrected chi connectivity index (χ4v) is 2.72. The minimum atomic E-state index is -0.456. The van der Waals surface area contributed by atoms with Gasteiger partial charge in [0.05, 0.1) is 5.56 Å². The summed E-state index contributed by atoms with van der Waals surface area (Å²) in [5.41, 5.74) is 4.27. The fraction of sp³-hybridized carbons (Fsp3) is 0.238. The van der Waals surface area contributed by atoms with E-state index < -0.39 is 11.6 Å². The van der Waals surface area contributed by atoms with E-state index in [9.17, 15) is 9.59 Å². The second kappa shape index (κ2) is 7.04. The number of hydrogen-bond donors (Lipinski definition) is 0. The normalized spacial score (nSPS) is 10.8. The Balaban J connectivity index is 1.84. The number of benzene rings is 2. The monoisotopic (exact) mass is 351 g/mol. The van der Waals surface area contributed by atoms with Crippen molar-refractivity contribution in [3.63, 3.8) is 0 Å². The minimum Gasteiger partial charge on any atom is -0.457 e. The van der Waals surface area contributed by atoms with Crippen molar-refractivity contribution >= 4 is 22.6 Å². The molecule has 0 N–H and O–H groups in total.